The molecule has 0 saturated carbocycles. The first-order valence-electron chi connectivity index (χ1n) is 11.0. The van der Waals surface area contributed by atoms with Gasteiger partial charge in [0, 0.05) is 39.2 Å². The smallest absolute Gasteiger partial charge is 0.193 e. The second kappa shape index (κ2) is 13.0. The van der Waals surface area contributed by atoms with E-state index >= 15 is 0 Å². The molecule has 0 aromatic heterocycles. The molecule has 1 N–H and O–H groups in total. The van der Waals surface area contributed by atoms with Crippen LogP contribution >= 0.6 is 0 Å². The number of likely N-dealkylation sites (tertiary alicyclic amines) is 1. The van der Waals surface area contributed by atoms with E-state index < -0.39 is 0 Å². The molecule has 0 bridgehead atoms. The van der Waals surface area contributed by atoms with Crippen LogP contribution in [0.25, 0.3) is 0 Å². The van der Waals surface area contributed by atoms with Gasteiger partial charge in [0.05, 0.1) is 19.8 Å². The topological polar surface area (TPSA) is 46.1 Å². The van der Waals surface area contributed by atoms with E-state index in [2.05, 4.69) is 63.7 Å². The number of nitrogens with one attached hydrogen (secondary N) is 1. The van der Waals surface area contributed by atoms with Gasteiger partial charge in [-0.05, 0) is 30.4 Å². The fourth-order valence-electron chi connectivity index (χ4n) is 3.72. The Hall–Kier alpha value is -2.37. The number of aliphatic imine (C=N–C) groups is 1. The van der Waals surface area contributed by atoms with E-state index in [-0.39, 0.29) is 0 Å². The highest BCUT2D eigenvalue weighted by Gasteiger charge is 2.24. The summed E-state index contributed by atoms with van der Waals surface area (Å²) >= 11 is 0. The molecule has 1 saturated heterocycles. The van der Waals surface area contributed by atoms with Crippen LogP contribution in [0.3, 0.4) is 0 Å². The summed E-state index contributed by atoms with van der Waals surface area (Å²) in [5, 5.41) is 3.48. The van der Waals surface area contributed by atoms with Gasteiger partial charge in [0.15, 0.2) is 5.96 Å². The molecule has 1 unspecified atom stereocenters. The molecule has 0 radical (unpaired) electrons. The van der Waals surface area contributed by atoms with Gasteiger partial charge >= 0.3 is 0 Å². The van der Waals surface area contributed by atoms with E-state index in [1.807, 2.05) is 19.2 Å². The van der Waals surface area contributed by atoms with Crippen LogP contribution in [-0.2, 0) is 22.5 Å². The number of hydrogen-bond acceptors (Lipinski definition) is 3. The van der Waals surface area contributed by atoms with Crippen molar-refractivity contribution < 1.29 is 9.47 Å². The molecule has 0 amide bonds. The Labute approximate surface area is 181 Å². The summed E-state index contributed by atoms with van der Waals surface area (Å²) in [6, 6.07) is 20.8. The Balaban J connectivity index is 1.24. The molecule has 2 aromatic carbocycles. The molecule has 1 atom stereocenters. The van der Waals surface area contributed by atoms with Crippen molar-refractivity contribution in [3.63, 3.8) is 0 Å². The first-order valence-corrected chi connectivity index (χ1v) is 11.0. The fraction of sp³-hybridized carbons (Fsp3) is 0.480. The molecule has 0 spiro atoms. The van der Waals surface area contributed by atoms with Crippen molar-refractivity contribution in [1.82, 2.24) is 10.2 Å². The maximum Gasteiger partial charge on any atom is 0.193 e. The SMILES string of the molecule is CN=C(NCCCOCCc1ccccc1)N1CCC(COCc2ccccc2)C1. The van der Waals surface area contributed by atoms with Crippen molar-refractivity contribution in [3.05, 3.63) is 71.8 Å². The predicted octanol–water partition coefficient (Wildman–Crippen LogP) is 3.75. The van der Waals surface area contributed by atoms with Gasteiger partial charge in [-0.2, -0.15) is 0 Å². The normalized spacial score (nSPS) is 16.8. The van der Waals surface area contributed by atoms with E-state index in [0.29, 0.717) is 12.5 Å². The molecule has 1 aliphatic heterocycles. The number of ether oxygens (including phenoxy) is 2. The molecule has 1 fully saturated rings. The molecule has 5 heteroatoms. The largest absolute Gasteiger partial charge is 0.381 e. The highest BCUT2D eigenvalue weighted by molar-refractivity contribution is 5.80. The molecule has 3 rings (SSSR count). The first kappa shape index (κ1) is 22.3. The summed E-state index contributed by atoms with van der Waals surface area (Å²) in [4.78, 5) is 6.80. The lowest BCUT2D eigenvalue weighted by Gasteiger charge is -2.21. The van der Waals surface area contributed by atoms with Gasteiger partial charge in [-0.1, -0.05) is 60.7 Å². The maximum absolute atomic E-state index is 5.93. The third kappa shape index (κ3) is 7.81. The van der Waals surface area contributed by atoms with Crippen LogP contribution in [0, 0.1) is 5.92 Å². The molecule has 1 aliphatic rings. The van der Waals surface area contributed by atoms with Gasteiger partial charge in [-0.25, -0.2) is 0 Å². The molecule has 1 heterocycles. The Morgan fingerprint density at radius 2 is 1.73 bits per heavy atom. The third-order valence-corrected chi connectivity index (χ3v) is 5.39. The zero-order valence-electron chi connectivity index (χ0n) is 18.1. The fourth-order valence-corrected chi connectivity index (χ4v) is 3.72. The third-order valence-electron chi connectivity index (χ3n) is 5.39. The predicted molar refractivity (Wildman–Crippen MR) is 123 cm³/mol. The van der Waals surface area contributed by atoms with E-state index in [4.69, 9.17) is 9.47 Å². The Morgan fingerprint density at radius 1 is 1.00 bits per heavy atom. The average molecular weight is 410 g/mol. The average Bonchev–Trinajstić information content (AvgIpc) is 3.26. The van der Waals surface area contributed by atoms with Gasteiger partial charge in [0.2, 0.25) is 0 Å². The van der Waals surface area contributed by atoms with Crippen molar-refractivity contribution in [1.29, 1.82) is 0 Å². The summed E-state index contributed by atoms with van der Waals surface area (Å²) in [7, 11) is 1.86. The highest BCUT2D eigenvalue weighted by Crippen LogP contribution is 2.17. The van der Waals surface area contributed by atoms with E-state index in [1.165, 1.54) is 11.1 Å². The monoisotopic (exact) mass is 409 g/mol. The van der Waals surface area contributed by atoms with Gasteiger partial charge in [0.25, 0.3) is 0 Å². The molecular weight excluding hydrogens is 374 g/mol. The summed E-state index contributed by atoms with van der Waals surface area (Å²) in [6.45, 7) is 5.95. The maximum atomic E-state index is 5.93. The lowest BCUT2D eigenvalue weighted by Crippen LogP contribution is -2.40. The van der Waals surface area contributed by atoms with Crippen LogP contribution in [-0.4, -0.2) is 57.4 Å². The standard InChI is InChI=1S/C25H35N3O2/c1-26-25(27-15-8-17-29-18-14-22-9-4-2-5-10-22)28-16-13-24(19-28)21-30-20-23-11-6-3-7-12-23/h2-7,9-12,24H,8,13-21H2,1H3,(H,26,27). The Kier molecular flexibility index (Phi) is 9.70. The minimum Gasteiger partial charge on any atom is -0.381 e. The van der Waals surface area contributed by atoms with Crippen LogP contribution in [0.4, 0.5) is 0 Å². The number of hydrogen-bond donors (Lipinski definition) is 1. The van der Waals surface area contributed by atoms with Gasteiger partial charge < -0.3 is 19.7 Å². The number of rotatable bonds is 11. The van der Waals surface area contributed by atoms with Crippen LogP contribution in [0.2, 0.25) is 0 Å². The van der Waals surface area contributed by atoms with E-state index in [9.17, 15) is 0 Å². The van der Waals surface area contributed by atoms with Crippen molar-refractivity contribution in [3.8, 4) is 0 Å². The Morgan fingerprint density at radius 3 is 2.47 bits per heavy atom. The van der Waals surface area contributed by atoms with Gasteiger partial charge in [-0.15, -0.1) is 0 Å². The molecule has 2 aromatic rings. The van der Waals surface area contributed by atoms with E-state index in [1.54, 1.807) is 0 Å². The summed E-state index contributed by atoms with van der Waals surface area (Å²) in [5.74, 6) is 1.55. The zero-order valence-corrected chi connectivity index (χ0v) is 18.1. The number of nitrogens with zero attached hydrogens (tertiary/aromatic N) is 2. The minimum atomic E-state index is 0.564. The summed E-state index contributed by atoms with van der Waals surface area (Å²) < 4.78 is 11.7. The van der Waals surface area contributed by atoms with E-state index in [0.717, 1.165) is 64.7 Å². The second-order valence-corrected chi connectivity index (χ2v) is 7.78. The minimum absolute atomic E-state index is 0.564. The van der Waals surface area contributed by atoms with Crippen molar-refractivity contribution in [2.75, 3.05) is 46.5 Å². The van der Waals surface area contributed by atoms with Crippen LogP contribution in [0.5, 0.6) is 0 Å². The summed E-state index contributed by atoms with van der Waals surface area (Å²) in [5.41, 5.74) is 2.56. The molecule has 0 aliphatic carbocycles. The second-order valence-electron chi connectivity index (χ2n) is 7.78. The highest BCUT2D eigenvalue weighted by atomic mass is 16.5. The quantitative estimate of drug-likeness (QED) is 0.349. The van der Waals surface area contributed by atoms with Crippen molar-refractivity contribution in [2.24, 2.45) is 10.9 Å². The van der Waals surface area contributed by atoms with Gasteiger partial charge in [0.1, 0.15) is 0 Å². The lowest BCUT2D eigenvalue weighted by atomic mass is 10.1. The number of guanidine groups is 1. The van der Waals surface area contributed by atoms with Crippen LogP contribution < -0.4 is 5.32 Å². The lowest BCUT2D eigenvalue weighted by molar-refractivity contribution is 0.0906. The van der Waals surface area contributed by atoms with Crippen molar-refractivity contribution >= 4 is 5.96 Å². The molecule has 5 nitrogen and oxygen atoms in total. The Bertz CT molecular complexity index is 737. The molecule has 162 valence electrons. The van der Waals surface area contributed by atoms with Crippen LogP contribution in [0.1, 0.15) is 24.0 Å². The van der Waals surface area contributed by atoms with Gasteiger partial charge in [-0.3, -0.25) is 4.99 Å². The number of benzene rings is 2. The summed E-state index contributed by atoms with van der Waals surface area (Å²) in [6.07, 6.45) is 3.10. The first-order chi connectivity index (χ1) is 14.8. The molecular formula is C25H35N3O2. The zero-order chi connectivity index (χ0) is 20.9. The van der Waals surface area contributed by atoms with Crippen LogP contribution in [0.15, 0.2) is 65.7 Å². The van der Waals surface area contributed by atoms with Crippen molar-refractivity contribution in [2.45, 2.75) is 25.9 Å². The molecule has 30 heavy (non-hydrogen) atoms.